The van der Waals surface area contributed by atoms with Crippen LogP contribution in [-0.4, -0.2) is 5.72 Å². The van der Waals surface area contributed by atoms with Gasteiger partial charge in [0.1, 0.15) is 11.8 Å². The fourth-order valence-corrected chi connectivity index (χ4v) is 3.08. The minimum atomic E-state index is -1.10. The van der Waals surface area contributed by atoms with Gasteiger partial charge in [0.2, 0.25) is 11.6 Å². The average Bonchev–Trinajstić information content (AvgIpc) is 2.67. The van der Waals surface area contributed by atoms with E-state index in [2.05, 4.69) is 27.3 Å². The van der Waals surface area contributed by atoms with Crippen LogP contribution in [0.5, 0.6) is 5.75 Å². The summed E-state index contributed by atoms with van der Waals surface area (Å²) in [5.74, 6) is 1.29. The highest BCUT2D eigenvalue weighted by molar-refractivity contribution is 9.10. The second-order valence-corrected chi connectivity index (χ2v) is 5.65. The summed E-state index contributed by atoms with van der Waals surface area (Å²) in [5.41, 5.74) is 6.80. The summed E-state index contributed by atoms with van der Waals surface area (Å²) >= 11 is 3.47. The van der Waals surface area contributed by atoms with Gasteiger partial charge in [-0.25, -0.2) is 0 Å². The first kappa shape index (κ1) is 12.9. The second kappa shape index (κ2) is 4.18. The number of nitriles is 1. The lowest BCUT2D eigenvalue weighted by Gasteiger charge is -2.30. The molecule has 0 amide bonds. The zero-order chi connectivity index (χ0) is 14.5. The number of hydrogen-bond donors (Lipinski definition) is 2. The molecule has 3 rings (SSSR count). The van der Waals surface area contributed by atoms with E-state index >= 15 is 0 Å². The van der Waals surface area contributed by atoms with Crippen molar-refractivity contribution in [2.75, 3.05) is 5.32 Å². The lowest BCUT2D eigenvalue weighted by atomic mass is 10.0. The first-order valence-electron chi connectivity index (χ1n) is 6.00. The summed E-state index contributed by atoms with van der Waals surface area (Å²) in [6, 6.07) is 5.97. The fourth-order valence-electron chi connectivity index (χ4n) is 2.42. The molecule has 1 atom stereocenters. The average molecular weight is 334 g/mol. The maximum atomic E-state index is 9.35. The van der Waals surface area contributed by atoms with Crippen molar-refractivity contribution in [1.29, 1.82) is 5.26 Å². The molecule has 1 aromatic carbocycles. The molecule has 2 aliphatic rings. The van der Waals surface area contributed by atoms with E-state index in [9.17, 15) is 5.26 Å². The van der Waals surface area contributed by atoms with Gasteiger partial charge < -0.3 is 20.5 Å². The third-order valence-corrected chi connectivity index (χ3v) is 3.77. The van der Waals surface area contributed by atoms with E-state index in [1.165, 1.54) is 0 Å². The summed E-state index contributed by atoms with van der Waals surface area (Å²) in [6.07, 6.45) is 1.71. The van der Waals surface area contributed by atoms with Crippen LogP contribution >= 0.6 is 15.9 Å². The zero-order valence-corrected chi connectivity index (χ0v) is 12.5. The van der Waals surface area contributed by atoms with Crippen LogP contribution in [-0.2, 0) is 4.74 Å². The Balaban J connectivity index is 2.15. The van der Waals surface area contributed by atoms with Gasteiger partial charge in [0.15, 0.2) is 11.3 Å². The smallest absolute Gasteiger partial charge is 0.245 e. The van der Waals surface area contributed by atoms with Gasteiger partial charge in [-0.3, -0.25) is 0 Å². The van der Waals surface area contributed by atoms with Crippen LogP contribution in [0.3, 0.4) is 0 Å². The number of nitrogens with one attached hydrogen (secondary N) is 1. The van der Waals surface area contributed by atoms with Gasteiger partial charge in [-0.05, 0) is 47.5 Å². The molecular formula is C14H12BrN3O2. The SMILES string of the molecule is CC1=C[C@]2(Nc3cc(C)cc(Br)c3O2)C(C#N)=C(N)O1. The Hall–Kier alpha value is -2.13. The number of rotatable bonds is 0. The molecule has 3 N–H and O–H groups in total. The Kier molecular flexibility index (Phi) is 2.69. The summed E-state index contributed by atoms with van der Waals surface area (Å²) in [5, 5.41) is 12.6. The number of nitrogens with zero attached hydrogens (tertiary/aromatic N) is 1. The van der Waals surface area contributed by atoms with Crippen molar-refractivity contribution in [3.63, 3.8) is 0 Å². The number of fused-ring (bicyclic) bond motifs is 1. The summed E-state index contributed by atoms with van der Waals surface area (Å²) in [4.78, 5) is 0. The topological polar surface area (TPSA) is 80.3 Å². The summed E-state index contributed by atoms with van der Waals surface area (Å²) < 4.78 is 12.1. The Bertz CT molecular complexity index is 718. The maximum Gasteiger partial charge on any atom is 0.245 e. The molecule has 2 aliphatic heterocycles. The van der Waals surface area contributed by atoms with E-state index in [1.54, 1.807) is 13.0 Å². The quantitative estimate of drug-likeness (QED) is 0.763. The summed E-state index contributed by atoms with van der Waals surface area (Å²) in [7, 11) is 0. The van der Waals surface area contributed by atoms with Crippen LogP contribution in [0.15, 0.2) is 39.9 Å². The molecule has 0 saturated carbocycles. The molecule has 0 fully saturated rings. The number of benzene rings is 1. The molecule has 1 aromatic rings. The number of anilines is 1. The highest BCUT2D eigenvalue weighted by atomic mass is 79.9. The molecule has 102 valence electrons. The van der Waals surface area contributed by atoms with Gasteiger partial charge in [-0.15, -0.1) is 0 Å². The van der Waals surface area contributed by atoms with E-state index in [-0.39, 0.29) is 11.5 Å². The standard InChI is InChI=1S/C14H12BrN3O2/c1-7-3-10(15)12-11(4-7)18-14(20-12)5-8(2)19-13(17)9(14)6-16/h3-5,18H,17H2,1-2H3/t14-/m1/s1. The van der Waals surface area contributed by atoms with E-state index in [4.69, 9.17) is 15.2 Å². The van der Waals surface area contributed by atoms with E-state index in [0.717, 1.165) is 15.7 Å². The molecule has 0 aromatic heterocycles. The molecule has 0 aliphatic carbocycles. The molecule has 20 heavy (non-hydrogen) atoms. The Labute approximate surface area is 124 Å². The predicted octanol–water partition coefficient (Wildman–Crippen LogP) is 2.89. The van der Waals surface area contributed by atoms with E-state index in [1.807, 2.05) is 19.1 Å². The van der Waals surface area contributed by atoms with Crippen LogP contribution in [0.4, 0.5) is 5.69 Å². The molecule has 0 saturated heterocycles. The zero-order valence-electron chi connectivity index (χ0n) is 11.0. The maximum absolute atomic E-state index is 9.35. The van der Waals surface area contributed by atoms with E-state index < -0.39 is 5.72 Å². The van der Waals surface area contributed by atoms with Gasteiger partial charge in [0.05, 0.1) is 10.2 Å². The highest BCUT2D eigenvalue weighted by Crippen LogP contribution is 2.47. The van der Waals surface area contributed by atoms with Crippen molar-refractivity contribution in [1.82, 2.24) is 0 Å². The summed E-state index contributed by atoms with van der Waals surface area (Å²) in [6.45, 7) is 3.75. The molecule has 5 nitrogen and oxygen atoms in total. The van der Waals surface area contributed by atoms with Crippen LogP contribution in [0.2, 0.25) is 0 Å². The molecule has 0 bridgehead atoms. The van der Waals surface area contributed by atoms with Crippen LogP contribution < -0.4 is 15.8 Å². The second-order valence-electron chi connectivity index (χ2n) is 4.79. The van der Waals surface area contributed by atoms with Crippen LogP contribution in [0.25, 0.3) is 0 Å². The van der Waals surface area contributed by atoms with Crippen molar-refractivity contribution in [3.05, 3.63) is 45.5 Å². The van der Waals surface area contributed by atoms with E-state index in [0.29, 0.717) is 11.5 Å². The predicted molar refractivity (Wildman–Crippen MR) is 77.5 cm³/mol. The van der Waals surface area contributed by atoms with Gasteiger partial charge >= 0.3 is 0 Å². The first-order chi connectivity index (χ1) is 9.45. The normalized spacial score (nSPS) is 23.4. The van der Waals surface area contributed by atoms with Gasteiger partial charge in [0.25, 0.3) is 0 Å². The largest absolute Gasteiger partial charge is 0.456 e. The molecule has 6 heteroatoms. The number of hydrogen-bond acceptors (Lipinski definition) is 5. The number of nitrogens with two attached hydrogens (primary N) is 1. The molecule has 0 radical (unpaired) electrons. The lowest BCUT2D eigenvalue weighted by Crippen LogP contribution is -2.44. The number of ether oxygens (including phenoxy) is 2. The first-order valence-corrected chi connectivity index (χ1v) is 6.79. The van der Waals surface area contributed by atoms with Crippen molar-refractivity contribution in [3.8, 4) is 11.8 Å². The fraction of sp³-hybridized carbons (Fsp3) is 0.214. The van der Waals surface area contributed by atoms with Crippen LogP contribution in [0.1, 0.15) is 12.5 Å². The lowest BCUT2D eigenvalue weighted by molar-refractivity contribution is 0.174. The Morgan fingerprint density at radius 1 is 1.40 bits per heavy atom. The molecular weight excluding hydrogens is 322 g/mol. The van der Waals surface area contributed by atoms with Gasteiger partial charge in [-0.2, -0.15) is 5.26 Å². The third-order valence-electron chi connectivity index (χ3n) is 3.18. The minimum Gasteiger partial charge on any atom is -0.456 e. The third kappa shape index (κ3) is 1.74. The molecule has 2 heterocycles. The van der Waals surface area contributed by atoms with Crippen molar-refractivity contribution in [2.45, 2.75) is 19.6 Å². The van der Waals surface area contributed by atoms with Crippen LogP contribution in [0, 0.1) is 18.3 Å². The number of aryl methyl sites for hydroxylation is 1. The minimum absolute atomic E-state index is 0.0562. The van der Waals surface area contributed by atoms with Crippen molar-refractivity contribution in [2.24, 2.45) is 5.73 Å². The monoisotopic (exact) mass is 333 g/mol. The number of halogens is 1. The number of allylic oxidation sites excluding steroid dienone is 1. The Morgan fingerprint density at radius 3 is 2.85 bits per heavy atom. The van der Waals surface area contributed by atoms with Gasteiger partial charge in [-0.1, -0.05) is 0 Å². The molecule has 0 unspecified atom stereocenters. The highest BCUT2D eigenvalue weighted by Gasteiger charge is 2.46. The molecule has 1 spiro atoms. The van der Waals surface area contributed by atoms with Crippen molar-refractivity contribution < 1.29 is 9.47 Å². The van der Waals surface area contributed by atoms with Gasteiger partial charge in [0, 0.05) is 6.08 Å². The van der Waals surface area contributed by atoms with Crippen molar-refractivity contribution >= 4 is 21.6 Å². The Morgan fingerprint density at radius 2 is 2.15 bits per heavy atom.